The third-order valence-electron chi connectivity index (χ3n) is 5.32. The number of carboxylic acid groups (broad SMARTS) is 1. The summed E-state index contributed by atoms with van der Waals surface area (Å²) in [5.41, 5.74) is 1.10. The highest BCUT2D eigenvalue weighted by Gasteiger charge is 2.29. The van der Waals surface area contributed by atoms with Crippen LogP contribution >= 0.6 is 0 Å². The van der Waals surface area contributed by atoms with Crippen molar-refractivity contribution in [2.24, 2.45) is 5.92 Å². The van der Waals surface area contributed by atoms with E-state index in [1.807, 2.05) is 0 Å². The van der Waals surface area contributed by atoms with Gasteiger partial charge in [0.05, 0.1) is 12.5 Å². The number of piperidine rings is 1. The molecule has 1 aromatic rings. The zero-order valence-electron chi connectivity index (χ0n) is 16.0. The molecule has 1 unspecified atom stereocenters. The van der Waals surface area contributed by atoms with Crippen molar-refractivity contribution in [3.63, 3.8) is 0 Å². The summed E-state index contributed by atoms with van der Waals surface area (Å²) < 4.78 is 0. The van der Waals surface area contributed by atoms with Gasteiger partial charge in [-0.2, -0.15) is 0 Å². The molecule has 3 rings (SSSR count). The molecular formula is C20H25N3O5. The summed E-state index contributed by atoms with van der Waals surface area (Å²) in [5, 5.41) is 9.16. The number of carbonyl (C=O) groups excluding carboxylic acids is 3. The van der Waals surface area contributed by atoms with Crippen LogP contribution in [-0.2, 0) is 14.4 Å². The number of benzene rings is 1. The number of anilines is 1. The van der Waals surface area contributed by atoms with Gasteiger partial charge in [-0.15, -0.1) is 0 Å². The fraction of sp³-hybridized carbons (Fsp3) is 0.500. The lowest BCUT2D eigenvalue weighted by Gasteiger charge is -2.32. The molecule has 2 saturated heterocycles. The average Bonchev–Trinajstić information content (AvgIpc) is 3.13. The quantitative estimate of drug-likeness (QED) is 0.819. The SMILES string of the molecule is CN(CC(=O)N1CCCC(C(=O)O)C1)C(=O)c1cccc(N2CCCC2=O)c1. The first-order chi connectivity index (χ1) is 13.4. The fourth-order valence-electron chi connectivity index (χ4n) is 3.73. The van der Waals surface area contributed by atoms with Crippen molar-refractivity contribution in [1.82, 2.24) is 9.80 Å². The molecule has 2 heterocycles. The van der Waals surface area contributed by atoms with Crippen molar-refractivity contribution < 1.29 is 24.3 Å². The summed E-state index contributed by atoms with van der Waals surface area (Å²) in [6.45, 7) is 1.22. The van der Waals surface area contributed by atoms with E-state index in [-0.39, 0.29) is 30.8 Å². The lowest BCUT2D eigenvalue weighted by molar-refractivity contribution is -0.145. The van der Waals surface area contributed by atoms with Crippen LogP contribution in [-0.4, -0.2) is 71.8 Å². The molecule has 8 heteroatoms. The van der Waals surface area contributed by atoms with E-state index in [9.17, 15) is 19.2 Å². The zero-order valence-corrected chi connectivity index (χ0v) is 16.0. The van der Waals surface area contributed by atoms with Gasteiger partial charge in [-0.3, -0.25) is 19.2 Å². The predicted octanol–water partition coefficient (Wildman–Crippen LogP) is 1.21. The van der Waals surface area contributed by atoms with Crippen LogP contribution in [0.15, 0.2) is 24.3 Å². The molecule has 0 spiro atoms. The minimum atomic E-state index is -0.893. The Bertz CT molecular complexity index is 794. The number of carbonyl (C=O) groups is 4. The molecular weight excluding hydrogens is 362 g/mol. The first-order valence-electron chi connectivity index (χ1n) is 9.53. The van der Waals surface area contributed by atoms with Gasteiger partial charge in [-0.05, 0) is 37.5 Å². The lowest BCUT2D eigenvalue weighted by atomic mass is 9.98. The Morgan fingerprint density at radius 3 is 2.68 bits per heavy atom. The smallest absolute Gasteiger partial charge is 0.308 e. The maximum atomic E-state index is 12.7. The Labute approximate surface area is 163 Å². The van der Waals surface area contributed by atoms with E-state index in [4.69, 9.17) is 5.11 Å². The molecule has 0 radical (unpaired) electrons. The van der Waals surface area contributed by atoms with Crippen LogP contribution in [0.25, 0.3) is 0 Å². The van der Waals surface area contributed by atoms with E-state index in [2.05, 4.69) is 0 Å². The van der Waals surface area contributed by atoms with Gasteiger partial charge in [0, 0.05) is 44.4 Å². The van der Waals surface area contributed by atoms with Crippen LogP contribution in [0.5, 0.6) is 0 Å². The Balaban J connectivity index is 1.63. The standard InChI is InChI=1S/C20H25N3O5/c1-21(13-18(25)22-9-3-6-15(12-22)20(27)28)19(26)14-5-2-7-16(11-14)23-10-4-8-17(23)24/h2,5,7,11,15H,3-4,6,8-10,12-13H2,1H3,(H,27,28). The lowest BCUT2D eigenvalue weighted by Crippen LogP contribution is -2.46. The predicted molar refractivity (Wildman–Crippen MR) is 102 cm³/mol. The first-order valence-corrected chi connectivity index (χ1v) is 9.53. The van der Waals surface area contributed by atoms with Crippen molar-refractivity contribution in [3.8, 4) is 0 Å². The number of carboxylic acids is 1. The second-order valence-electron chi connectivity index (χ2n) is 7.38. The van der Waals surface area contributed by atoms with Crippen molar-refractivity contribution in [2.45, 2.75) is 25.7 Å². The van der Waals surface area contributed by atoms with Crippen LogP contribution < -0.4 is 4.90 Å². The maximum Gasteiger partial charge on any atom is 0.308 e. The Kier molecular flexibility index (Phi) is 5.96. The van der Waals surface area contributed by atoms with E-state index in [0.29, 0.717) is 43.6 Å². The van der Waals surface area contributed by atoms with E-state index >= 15 is 0 Å². The van der Waals surface area contributed by atoms with Gasteiger partial charge in [-0.1, -0.05) is 6.07 Å². The van der Waals surface area contributed by atoms with Gasteiger partial charge < -0.3 is 19.8 Å². The minimum absolute atomic E-state index is 0.0474. The van der Waals surface area contributed by atoms with Crippen LogP contribution in [0, 0.1) is 5.92 Å². The molecule has 0 saturated carbocycles. The number of nitrogens with zero attached hydrogens (tertiary/aromatic N) is 3. The van der Waals surface area contributed by atoms with Gasteiger partial charge in [0.2, 0.25) is 11.8 Å². The summed E-state index contributed by atoms with van der Waals surface area (Å²) in [4.78, 5) is 52.9. The third-order valence-corrected chi connectivity index (χ3v) is 5.32. The van der Waals surface area contributed by atoms with Crippen LogP contribution in [0.3, 0.4) is 0 Å². The number of aliphatic carboxylic acids is 1. The molecule has 0 aliphatic carbocycles. The molecule has 8 nitrogen and oxygen atoms in total. The molecule has 0 aromatic heterocycles. The molecule has 3 amide bonds. The second kappa shape index (κ2) is 8.41. The average molecular weight is 387 g/mol. The number of rotatable bonds is 5. The van der Waals surface area contributed by atoms with Crippen LogP contribution in [0.4, 0.5) is 5.69 Å². The summed E-state index contributed by atoms with van der Waals surface area (Å²) in [5.74, 6) is -1.96. The van der Waals surface area contributed by atoms with E-state index in [0.717, 1.165) is 6.42 Å². The second-order valence-corrected chi connectivity index (χ2v) is 7.38. The minimum Gasteiger partial charge on any atom is -0.481 e. The highest BCUT2D eigenvalue weighted by atomic mass is 16.4. The third kappa shape index (κ3) is 4.32. The molecule has 2 fully saturated rings. The van der Waals surface area contributed by atoms with Crippen molar-refractivity contribution in [3.05, 3.63) is 29.8 Å². The summed E-state index contributed by atoms with van der Waals surface area (Å²) in [6.07, 6.45) is 2.53. The number of likely N-dealkylation sites (N-methyl/N-ethyl adjacent to an activating group) is 1. The van der Waals surface area contributed by atoms with Crippen molar-refractivity contribution in [1.29, 1.82) is 0 Å². The van der Waals surface area contributed by atoms with Crippen LogP contribution in [0.2, 0.25) is 0 Å². The molecule has 2 aliphatic rings. The van der Waals surface area contributed by atoms with Crippen molar-refractivity contribution >= 4 is 29.4 Å². The zero-order chi connectivity index (χ0) is 20.3. The van der Waals surface area contributed by atoms with E-state index in [1.54, 1.807) is 36.2 Å². The highest BCUT2D eigenvalue weighted by Crippen LogP contribution is 2.23. The normalized spacial score (nSPS) is 19.6. The molecule has 2 aliphatic heterocycles. The first kappa shape index (κ1) is 19.9. The van der Waals surface area contributed by atoms with Gasteiger partial charge in [0.1, 0.15) is 0 Å². The van der Waals surface area contributed by atoms with Gasteiger partial charge >= 0.3 is 5.97 Å². The van der Waals surface area contributed by atoms with Gasteiger partial charge in [0.25, 0.3) is 5.91 Å². The van der Waals surface area contributed by atoms with Crippen molar-refractivity contribution in [2.75, 3.05) is 38.1 Å². The molecule has 1 N–H and O–H groups in total. The number of hydrogen-bond acceptors (Lipinski definition) is 4. The molecule has 1 atom stereocenters. The van der Waals surface area contributed by atoms with E-state index in [1.165, 1.54) is 9.80 Å². The molecule has 28 heavy (non-hydrogen) atoms. The van der Waals surface area contributed by atoms with Gasteiger partial charge in [0.15, 0.2) is 0 Å². The Morgan fingerprint density at radius 1 is 1.21 bits per heavy atom. The Morgan fingerprint density at radius 2 is 2.00 bits per heavy atom. The molecule has 150 valence electrons. The summed E-state index contributed by atoms with van der Waals surface area (Å²) >= 11 is 0. The number of hydrogen-bond donors (Lipinski definition) is 1. The monoisotopic (exact) mass is 387 g/mol. The molecule has 1 aromatic carbocycles. The fourth-order valence-corrected chi connectivity index (χ4v) is 3.73. The highest BCUT2D eigenvalue weighted by molar-refractivity contribution is 6.00. The largest absolute Gasteiger partial charge is 0.481 e. The van der Waals surface area contributed by atoms with E-state index < -0.39 is 11.9 Å². The van der Waals surface area contributed by atoms with Gasteiger partial charge in [-0.25, -0.2) is 0 Å². The Hall–Kier alpha value is -2.90. The van der Waals surface area contributed by atoms with Crippen LogP contribution in [0.1, 0.15) is 36.0 Å². The summed E-state index contributed by atoms with van der Waals surface area (Å²) in [6, 6.07) is 6.86. The molecule has 0 bridgehead atoms. The number of amides is 3. The topological polar surface area (TPSA) is 98.2 Å². The maximum absolute atomic E-state index is 12.7. The number of likely N-dealkylation sites (tertiary alicyclic amines) is 1. The summed E-state index contributed by atoms with van der Waals surface area (Å²) in [7, 11) is 1.55.